The van der Waals surface area contributed by atoms with Crippen molar-refractivity contribution in [2.45, 2.75) is 12.6 Å². The summed E-state index contributed by atoms with van der Waals surface area (Å²) in [4.78, 5) is 0. The summed E-state index contributed by atoms with van der Waals surface area (Å²) >= 11 is 0. The van der Waals surface area contributed by atoms with E-state index in [1.165, 1.54) is 0 Å². The Hall–Kier alpha value is -1.64. The molecule has 0 aliphatic heterocycles. The maximum atomic E-state index is 10.3. The maximum absolute atomic E-state index is 10.3. The first-order chi connectivity index (χ1) is 7.60. The van der Waals surface area contributed by atoms with Crippen LogP contribution in [0.2, 0.25) is 0 Å². The zero-order valence-corrected chi connectivity index (χ0v) is 9.22. The molecule has 0 spiro atoms. The Kier molecular flexibility index (Phi) is 2.77. The van der Waals surface area contributed by atoms with Crippen LogP contribution in [0, 0.1) is 6.92 Å². The zero-order chi connectivity index (χ0) is 11.6. The highest BCUT2D eigenvalue weighted by molar-refractivity contribution is 5.35. The fourth-order valence-electron chi connectivity index (χ4n) is 1.67. The predicted octanol–water partition coefficient (Wildman–Crippen LogP) is 2.15. The highest BCUT2D eigenvalue weighted by atomic mass is 16.3. The Labute approximate surface area is 95.4 Å². The van der Waals surface area contributed by atoms with Crippen LogP contribution in [0.1, 0.15) is 16.7 Å². The summed E-state index contributed by atoms with van der Waals surface area (Å²) in [7, 11) is 0. The maximum Gasteiger partial charge on any atom is 0.166 e. The van der Waals surface area contributed by atoms with Crippen LogP contribution in [-0.4, -0.2) is 5.11 Å². The molecule has 0 saturated heterocycles. The molecule has 0 saturated carbocycles. The standard InChI is InChI=1S/C14H15NO/c1-11-7-9-13(10-8-11)14(15,16)12-5-3-2-4-6-12/h2-10,16H,15H2,1H3. The minimum Gasteiger partial charge on any atom is -0.368 e. The minimum absolute atomic E-state index is 0.693. The van der Waals surface area contributed by atoms with E-state index >= 15 is 0 Å². The summed E-state index contributed by atoms with van der Waals surface area (Å²) < 4.78 is 0. The largest absolute Gasteiger partial charge is 0.368 e. The van der Waals surface area contributed by atoms with Crippen LogP contribution in [0.5, 0.6) is 0 Å². The second-order valence-corrected chi connectivity index (χ2v) is 4.00. The second kappa shape index (κ2) is 4.08. The van der Waals surface area contributed by atoms with E-state index in [2.05, 4.69) is 0 Å². The Balaban J connectivity index is 2.43. The van der Waals surface area contributed by atoms with E-state index in [0.29, 0.717) is 11.1 Å². The summed E-state index contributed by atoms with van der Waals surface area (Å²) in [6.45, 7) is 2.00. The molecule has 0 fully saturated rings. The number of hydrogen-bond acceptors (Lipinski definition) is 2. The zero-order valence-electron chi connectivity index (χ0n) is 9.22. The van der Waals surface area contributed by atoms with Gasteiger partial charge in [-0.15, -0.1) is 0 Å². The predicted molar refractivity (Wildman–Crippen MR) is 64.8 cm³/mol. The van der Waals surface area contributed by atoms with Crippen LogP contribution in [-0.2, 0) is 5.72 Å². The van der Waals surface area contributed by atoms with Gasteiger partial charge >= 0.3 is 0 Å². The lowest BCUT2D eigenvalue weighted by Crippen LogP contribution is -2.37. The monoisotopic (exact) mass is 213 g/mol. The highest BCUT2D eigenvalue weighted by Crippen LogP contribution is 2.23. The lowest BCUT2D eigenvalue weighted by atomic mass is 9.95. The van der Waals surface area contributed by atoms with Gasteiger partial charge in [0.05, 0.1) is 0 Å². The first-order valence-corrected chi connectivity index (χ1v) is 5.24. The molecule has 2 aromatic carbocycles. The molecule has 0 bridgehead atoms. The molecular formula is C14H15NO. The summed E-state index contributed by atoms with van der Waals surface area (Å²) in [6.07, 6.45) is 0. The van der Waals surface area contributed by atoms with E-state index in [1.54, 1.807) is 0 Å². The SMILES string of the molecule is Cc1ccc(C(N)(O)c2ccccc2)cc1. The van der Waals surface area contributed by atoms with Crippen LogP contribution >= 0.6 is 0 Å². The number of hydrogen-bond donors (Lipinski definition) is 2. The summed E-state index contributed by atoms with van der Waals surface area (Å²) in [6, 6.07) is 16.8. The van der Waals surface area contributed by atoms with E-state index in [9.17, 15) is 5.11 Å². The summed E-state index contributed by atoms with van der Waals surface area (Å²) in [5, 5.41) is 10.3. The average molecular weight is 213 g/mol. The molecule has 82 valence electrons. The highest BCUT2D eigenvalue weighted by Gasteiger charge is 2.25. The molecule has 1 unspecified atom stereocenters. The van der Waals surface area contributed by atoms with Crippen molar-refractivity contribution >= 4 is 0 Å². The fourth-order valence-corrected chi connectivity index (χ4v) is 1.67. The molecule has 2 nitrogen and oxygen atoms in total. The van der Waals surface area contributed by atoms with E-state index in [4.69, 9.17) is 5.73 Å². The number of aryl methyl sites for hydroxylation is 1. The molecule has 0 aliphatic carbocycles. The van der Waals surface area contributed by atoms with E-state index in [0.717, 1.165) is 5.56 Å². The lowest BCUT2D eigenvalue weighted by molar-refractivity contribution is 0.0884. The lowest BCUT2D eigenvalue weighted by Gasteiger charge is -2.24. The molecule has 0 heterocycles. The van der Waals surface area contributed by atoms with Gasteiger partial charge in [-0.25, -0.2) is 0 Å². The molecule has 16 heavy (non-hydrogen) atoms. The van der Waals surface area contributed by atoms with Crippen LogP contribution in [0.4, 0.5) is 0 Å². The van der Waals surface area contributed by atoms with Gasteiger partial charge in [-0.1, -0.05) is 60.2 Å². The minimum atomic E-state index is -1.42. The van der Waals surface area contributed by atoms with Crippen LogP contribution in [0.3, 0.4) is 0 Å². The fraction of sp³-hybridized carbons (Fsp3) is 0.143. The van der Waals surface area contributed by atoms with E-state index in [1.807, 2.05) is 61.5 Å². The molecule has 1 atom stereocenters. The first kappa shape index (κ1) is 10.9. The third kappa shape index (κ3) is 1.98. The van der Waals surface area contributed by atoms with Gasteiger partial charge in [-0.3, -0.25) is 5.73 Å². The number of benzene rings is 2. The summed E-state index contributed by atoms with van der Waals surface area (Å²) in [5.41, 5.74) is 7.08. The van der Waals surface area contributed by atoms with Gasteiger partial charge in [-0.2, -0.15) is 0 Å². The van der Waals surface area contributed by atoms with Crippen molar-refractivity contribution in [3.63, 3.8) is 0 Å². The van der Waals surface area contributed by atoms with Crippen LogP contribution < -0.4 is 5.73 Å². The quantitative estimate of drug-likeness (QED) is 0.751. The van der Waals surface area contributed by atoms with Gasteiger partial charge in [0.1, 0.15) is 0 Å². The van der Waals surface area contributed by atoms with Crippen molar-refractivity contribution in [3.05, 3.63) is 71.3 Å². The molecule has 2 rings (SSSR count). The van der Waals surface area contributed by atoms with E-state index < -0.39 is 5.72 Å². The van der Waals surface area contributed by atoms with E-state index in [-0.39, 0.29) is 0 Å². The number of nitrogens with two attached hydrogens (primary N) is 1. The Morgan fingerprint density at radius 1 is 0.875 bits per heavy atom. The van der Waals surface area contributed by atoms with Crippen molar-refractivity contribution in [1.82, 2.24) is 0 Å². The van der Waals surface area contributed by atoms with Gasteiger partial charge in [0.15, 0.2) is 5.72 Å². The topological polar surface area (TPSA) is 46.2 Å². The molecule has 0 amide bonds. The van der Waals surface area contributed by atoms with Crippen molar-refractivity contribution < 1.29 is 5.11 Å². The third-order valence-corrected chi connectivity index (χ3v) is 2.71. The van der Waals surface area contributed by atoms with Crippen molar-refractivity contribution in [1.29, 1.82) is 0 Å². The van der Waals surface area contributed by atoms with Gasteiger partial charge < -0.3 is 5.11 Å². The van der Waals surface area contributed by atoms with Gasteiger partial charge in [0.25, 0.3) is 0 Å². The second-order valence-electron chi connectivity index (χ2n) is 4.00. The molecule has 2 heteroatoms. The first-order valence-electron chi connectivity index (χ1n) is 5.24. The van der Waals surface area contributed by atoms with Crippen LogP contribution in [0.25, 0.3) is 0 Å². The normalized spacial score (nSPS) is 14.4. The van der Waals surface area contributed by atoms with Crippen LogP contribution in [0.15, 0.2) is 54.6 Å². The molecule has 3 N–H and O–H groups in total. The third-order valence-electron chi connectivity index (χ3n) is 2.71. The van der Waals surface area contributed by atoms with Crippen molar-refractivity contribution in [2.24, 2.45) is 5.73 Å². The molecule has 0 aliphatic rings. The number of rotatable bonds is 2. The smallest absolute Gasteiger partial charge is 0.166 e. The Morgan fingerprint density at radius 2 is 1.38 bits per heavy atom. The molecular weight excluding hydrogens is 198 g/mol. The molecule has 0 aromatic heterocycles. The van der Waals surface area contributed by atoms with Crippen molar-refractivity contribution in [2.75, 3.05) is 0 Å². The van der Waals surface area contributed by atoms with Gasteiger partial charge in [-0.05, 0) is 6.92 Å². The average Bonchev–Trinajstić information content (AvgIpc) is 2.31. The summed E-state index contributed by atoms with van der Waals surface area (Å²) in [5.74, 6) is 0. The van der Waals surface area contributed by atoms with Gasteiger partial charge in [0, 0.05) is 11.1 Å². The number of aliphatic hydroxyl groups is 1. The molecule has 2 aromatic rings. The van der Waals surface area contributed by atoms with Crippen molar-refractivity contribution in [3.8, 4) is 0 Å². The Bertz CT molecular complexity index is 460. The Morgan fingerprint density at radius 3 is 1.94 bits per heavy atom. The van der Waals surface area contributed by atoms with Gasteiger partial charge in [0.2, 0.25) is 0 Å². The molecule has 0 radical (unpaired) electrons.